The Morgan fingerprint density at radius 3 is 2.46 bits per heavy atom. The molecule has 0 saturated carbocycles. The number of non-ortho nitro benzene ring substituents is 1. The Hall–Kier alpha value is -3.24. The highest BCUT2D eigenvalue weighted by Gasteiger charge is 2.26. The van der Waals surface area contributed by atoms with Gasteiger partial charge < -0.3 is 14.8 Å². The van der Waals surface area contributed by atoms with E-state index in [0.717, 1.165) is 14.9 Å². The maximum atomic E-state index is 12.8. The zero-order chi connectivity index (χ0) is 25.7. The number of rotatable bonds is 9. The second-order valence-corrected chi connectivity index (χ2v) is 10.1. The van der Waals surface area contributed by atoms with Crippen LogP contribution in [0.25, 0.3) is 11.1 Å². The van der Waals surface area contributed by atoms with Crippen molar-refractivity contribution in [1.82, 2.24) is 0 Å². The number of ether oxygens (including phenoxy) is 2. The number of aryl methyl sites for hydroxylation is 1. The summed E-state index contributed by atoms with van der Waals surface area (Å²) in [7, 11) is 0. The molecule has 1 heterocycles. The smallest absolute Gasteiger partial charge is 0.341 e. The summed E-state index contributed by atoms with van der Waals surface area (Å²) < 4.78 is 11.9. The number of nitro benzene ring substituents is 1. The molecule has 2 aromatic carbocycles. The number of carbonyl (C=O) groups excluding carboxylic acids is 2. The van der Waals surface area contributed by atoms with Crippen molar-refractivity contribution in [1.29, 1.82) is 0 Å². The first-order valence-corrected chi connectivity index (χ1v) is 12.5. The molecule has 0 radical (unpaired) electrons. The Morgan fingerprint density at radius 2 is 1.86 bits per heavy atom. The average Bonchev–Trinajstić information content (AvgIpc) is 3.13. The average molecular weight is 561 g/mol. The Bertz CT molecular complexity index is 1250. The first kappa shape index (κ1) is 26.4. The normalized spacial score (nSPS) is 10.8. The van der Waals surface area contributed by atoms with Gasteiger partial charge in [-0.05, 0) is 61.2 Å². The van der Waals surface area contributed by atoms with Crippen molar-refractivity contribution in [3.63, 3.8) is 0 Å². The lowest BCUT2D eigenvalue weighted by atomic mass is 10.0. The van der Waals surface area contributed by atoms with Crippen LogP contribution in [-0.4, -0.2) is 30.0 Å². The van der Waals surface area contributed by atoms with Crippen LogP contribution in [0.2, 0.25) is 0 Å². The second-order valence-electron chi connectivity index (χ2n) is 7.94. The Labute approximate surface area is 215 Å². The van der Waals surface area contributed by atoms with Crippen LogP contribution in [0.1, 0.15) is 47.5 Å². The van der Waals surface area contributed by atoms with Gasteiger partial charge in [-0.3, -0.25) is 14.9 Å². The number of amides is 1. The predicted octanol–water partition coefficient (Wildman–Crippen LogP) is 6.71. The number of benzene rings is 2. The minimum Gasteiger partial charge on any atom is -0.483 e. The molecule has 8 nitrogen and oxygen atoms in total. The molecule has 0 unspecified atom stereocenters. The summed E-state index contributed by atoms with van der Waals surface area (Å²) in [6, 6.07) is 11.5. The molecule has 184 valence electrons. The van der Waals surface area contributed by atoms with E-state index in [0.29, 0.717) is 21.9 Å². The maximum Gasteiger partial charge on any atom is 0.341 e. The van der Waals surface area contributed by atoms with E-state index in [1.807, 2.05) is 32.9 Å². The molecule has 1 aromatic heterocycles. The molecule has 35 heavy (non-hydrogen) atoms. The third-order valence-electron chi connectivity index (χ3n) is 5.14. The van der Waals surface area contributed by atoms with Crippen molar-refractivity contribution in [2.45, 2.75) is 33.6 Å². The zero-order valence-electron chi connectivity index (χ0n) is 19.7. The highest BCUT2D eigenvalue weighted by atomic mass is 79.9. The molecular weight excluding hydrogens is 536 g/mol. The number of carbonyl (C=O) groups is 2. The molecule has 0 aliphatic carbocycles. The van der Waals surface area contributed by atoms with Gasteiger partial charge in [0.05, 0.1) is 11.5 Å². The Kier molecular flexibility index (Phi) is 8.63. The number of halogens is 1. The Balaban J connectivity index is 1.88. The van der Waals surface area contributed by atoms with Gasteiger partial charge in [0.25, 0.3) is 11.6 Å². The monoisotopic (exact) mass is 560 g/mol. The lowest BCUT2D eigenvalue weighted by molar-refractivity contribution is -0.384. The van der Waals surface area contributed by atoms with Crippen molar-refractivity contribution < 1.29 is 24.0 Å². The molecule has 3 aromatic rings. The molecule has 1 N–H and O–H groups in total. The lowest BCUT2D eigenvalue weighted by Gasteiger charge is -2.14. The van der Waals surface area contributed by atoms with E-state index in [1.165, 1.54) is 23.5 Å². The number of hydrogen-bond donors (Lipinski definition) is 1. The summed E-state index contributed by atoms with van der Waals surface area (Å²) >= 11 is 4.68. The van der Waals surface area contributed by atoms with Gasteiger partial charge in [-0.2, -0.15) is 0 Å². The van der Waals surface area contributed by atoms with E-state index < -0.39 is 16.8 Å². The van der Waals surface area contributed by atoms with E-state index in [1.54, 1.807) is 25.1 Å². The maximum absolute atomic E-state index is 12.8. The van der Waals surface area contributed by atoms with Gasteiger partial charge in [-0.15, -0.1) is 11.3 Å². The molecule has 0 fully saturated rings. The minimum absolute atomic E-state index is 0.0568. The second kappa shape index (κ2) is 11.5. The van der Waals surface area contributed by atoms with Crippen LogP contribution in [0.4, 0.5) is 10.7 Å². The van der Waals surface area contributed by atoms with Gasteiger partial charge in [-0.1, -0.05) is 29.8 Å². The van der Waals surface area contributed by atoms with Crippen LogP contribution >= 0.6 is 27.3 Å². The highest BCUT2D eigenvalue weighted by Crippen LogP contribution is 2.41. The topological polar surface area (TPSA) is 108 Å². The molecule has 1 amide bonds. The number of nitrogens with one attached hydrogen (secondary N) is 1. The van der Waals surface area contributed by atoms with Crippen molar-refractivity contribution in [2.24, 2.45) is 0 Å². The van der Waals surface area contributed by atoms with Gasteiger partial charge in [0.2, 0.25) is 0 Å². The summed E-state index contributed by atoms with van der Waals surface area (Å²) in [5, 5.41) is 14.1. The van der Waals surface area contributed by atoms with Gasteiger partial charge in [0, 0.05) is 27.0 Å². The van der Waals surface area contributed by atoms with Crippen molar-refractivity contribution in [3.05, 3.63) is 73.1 Å². The fourth-order valence-electron chi connectivity index (χ4n) is 3.54. The number of hydrogen-bond acceptors (Lipinski definition) is 7. The first-order valence-electron chi connectivity index (χ1n) is 10.9. The summed E-state index contributed by atoms with van der Waals surface area (Å²) in [5.74, 6) is -0.204. The van der Waals surface area contributed by atoms with E-state index in [2.05, 4.69) is 21.2 Å². The molecule has 0 aliphatic rings. The van der Waals surface area contributed by atoms with E-state index in [9.17, 15) is 19.7 Å². The summed E-state index contributed by atoms with van der Waals surface area (Å²) in [4.78, 5) is 36.9. The van der Waals surface area contributed by atoms with E-state index in [-0.39, 0.29) is 30.4 Å². The molecule has 0 saturated heterocycles. The van der Waals surface area contributed by atoms with E-state index >= 15 is 0 Å². The number of anilines is 1. The van der Waals surface area contributed by atoms with Crippen LogP contribution in [0.15, 0.2) is 46.9 Å². The predicted molar refractivity (Wildman–Crippen MR) is 139 cm³/mol. The van der Waals surface area contributed by atoms with Gasteiger partial charge in [-0.25, -0.2) is 4.79 Å². The van der Waals surface area contributed by atoms with Crippen LogP contribution in [0.3, 0.4) is 0 Å². The fourth-order valence-corrected chi connectivity index (χ4v) is 5.00. The molecule has 3 rings (SSSR count). The van der Waals surface area contributed by atoms with Crippen LogP contribution < -0.4 is 10.1 Å². The number of nitrogens with zero attached hydrogens (tertiary/aromatic N) is 1. The molecule has 10 heteroatoms. The molecule has 0 bridgehead atoms. The first-order chi connectivity index (χ1) is 16.6. The van der Waals surface area contributed by atoms with Gasteiger partial charge in [0.15, 0.2) is 6.61 Å². The SMILES string of the molecule is CCOC(=O)c1c(NC(=O)COc2ccc(Br)cc2C(C)C)sc(C)c1-c1ccc([N+](=O)[O-])cc1. The van der Waals surface area contributed by atoms with Crippen LogP contribution in [0.5, 0.6) is 5.75 Å². The number of thiophene rings is 1. The minimum atomic E-state index is -0.587. The van der Waals surface area contributed by atoms with Crippen molar-refractivity contribution in [3.8, 4) is 16.9 Å². The van der Waals surface area contributed by atoms with Gasteiger partial charge in [0.1, 0.15) is 16.3 Å². The molecular formula is C25H25BrN2O6S. The number of nitro groups is 1. The third kappa shape index (κ3) is 6.26. The largest absolute Gasteiger partial charge is 0.483 e. The summed E-state index contributed by atoms with van der Waals surface area (Å²) in [6.07, 6.45) is 0. The summed E-state index contributed by atoms with van der Waals surface area (Å²) in [5.41, 5.74) is 2.30. The Morgan fingerprint density at radius 1 is 1.17 bits per heavy atom. The highest BCUT2D eigenvalue weighted by molar-refractivity contribution is 9.10. The fraction of sp³-hybridized carbons (Fsp3) is 0.280. The number of esters is 1. The van der Waals surface area contributed by atoms with Crippen LogP contribution in [0, 0.1) is 17.0 Å². The molecule has 0 atom stereocenters. The molecule has 0 spiro atoms. The standard InChI is InChI=1S/C25H25BrN2O6S/c1-5-33-25(30)23-22(16-6-9-18(10-7-16)28(31)32)15(4)35-24(23)27-21(29)13-34-20-11-8-17(26)12-19(20)14(2)3/h6-12,14H,5,13H2,1-4H3,(H,27,29). The zero-order valence-corrected chi connectivity index (χ0v) is 22.1. The van der Waals surface area contributed by atoms with Crippen molar-refractivity contribution >= 4 is 49.8 Å². The van der Waals surface area contributed by atoms with Crippen LogP contribution in [-0.2, 0) is 9.53 Å². The van der Waals surface area contributed by atoms with Crippen molar-refractivity contribution in [2.75, 3.05) is 18.5 Å². The third-order valence-corrected chi connectivity index (χ3v) is 6.65. The lowest BCUT2D eigenvalue weighted by Crippen LogP contribution is -2.21. The van der Waals surface area contributed by atoms with E-state index in [4.69, 9.17) is 9.47 Å². The molecule has 0 aliphatic heterocycles. The summed E-state index contributed by atoms with van der Waals surface area (Å²) in [6.45, 7) is 7.49. The quantitative estimate of drug-likeness (QED) is 0.177. The van der Waals surface area contributed by atoms with Gasteiger partial charge >= 0.3 is 5.97 Å².